The molecule has 0 nitrogen and oxygen atoms in total. The second kappa shape index (κ2) is 6.97. The van der Waals surface area contributed by atoms with Crippen molar-refractivity contribution in [1.29, 1.82) is 0 Å². The summed E-state index contributed by atoms with van der Waals surface area (Å²) in [6, 6.07) is 14.1. The summed E-state index contributed by atoms with van der Waals surface area (Å²) in [5.74, 6) is 0.663. The molecule has 2 aromatic rings. The number of hydrogen-bond donors (Lipinski definition) is 0. The zero-order chi connectivity index (χ0) is 20.0. The van der Waals surface area contributed by atoms with Gasteiger partial charge in [0.1, 0.15) is 0 Å². The molecule has 27 heavy (non-hydrogen) atoms. The van der Waals surface area contributed by atoms with E-state index in [4.69, 9.17) is 0 Å². The number of allylic oxidation sites excluding steroid dienone is 1. The van der Waals surface area contributed by atoms with Gasteiger partial charge in [-0.05, 0) is 63.0 Å². The summed E-state index contributed by atoms with van der Waals surface area (Å²) in [6.45, 7) is 18.5. The van der Waals surface area contributed by atoms with Gasteiger partial charge in [-0.25, -0.2) is 0 Å². The van der Waals surface area contributed by atoms with Crippen LogP contribution >= 0.6 is 0 Å². The fourth-order valence-corrected chi connectivity index (χ4v) is 3.89. The zero-order valence-corrected chi connectivity index (χ0v) is 18.5. The van der Waals surface area contributed by atoms with Gasteiger partial charge in [0.25, 0.3) is 0 Å². The standard InChI is InChI=1S/C27H36/c1-9-18(2)20-13-19-11-10-12-24(25(19)16-20)21-14-22(26(3,4)5)17-23(15-21)27(6,7)8/h10-15,17-18H,9,16H2,1-8H3. The molecule has 0 heterocycles. The van der Waals surface area contributed by atoms with E-state index in [1.54, 1.807) is 5.57 Å². The smallest absolute Gasteiger partial charge is 0.00490 e. The minimum absolute atomic E-state index is 0.147. The molecule has 3 rings (SSSR count). The van der Waals surface area contributed by atoms with Crippen LogP contribution in [-0.4, -0.2) is 0 Å². The van der Waals surface area contributed by atoms with Gasteiger partial charge in [-0.15, -0.1) is 0 Å². The largest absolute Gasteiger partial charge is 0.0648 e. The Morgan fingerprint density at radius 1 is 0.889 bits per heavy atom. The molecule has 2 aromatic carbocycles. The van der Waals surface area contributed by atoms with Crippen LogP contribution in [0.2, 0.25) is 0 Å². The highest BCUT2D eigenvalue weighted by atomic mass is 14.3. The SMILES string of the molecule is CCC(C)C1=Cc2cccc(-c3cc(C(C)(C)C)cc(C(C)(C)C)c3)c2C1. The number of hydrogen-bond acceptors (Lipinski definition) is 0. The molecule has 0 amide bonds. The molecule has 1 unspecified atom stereocenters. The summed E-state index contributed by atoms with van der Waals surface area (Å²) in [5, 5.41) is 0. The fourth-order valence-electron chi connectivity index (χ4n) is 3.89. The molecule has 0 N–H and O–H groups in total. The van der Waals surface area contributed by atoms with E-state index >= 15 is 0 Å². The highest BCUT2D eigenvalue weighted by molar-refractivity contribution is 5.78. The first-order valence-electron chi connectivity index (χ1n) is 10.5. The van der Waals surface area contributed by atoms with Gasteiger partial charge < -0.3 is 0 Å². The van der Waals surface area contributed by atoms with E-state index in [1.165, 1.54) is 39.8 Å². The van der Waals surface area contributed by atoms with Crippen LogP contribution in [0.25, 0.3) is 17.2 Å². The first-order valence-corrected chi connectivity index (χ1v) is 10.5. The number of rotatable bonds is 3. The molecule has 0 saturated heterocycles. The Morgan fingerprint density at radius 3 is 2.00 bits per heavy atom. The van der Waals surface area contributed by atoms with Crippen LogP contribution in [0.1, 0.15) is 84.1 Å². The lowest BCUT2D eigenvalue weighted by atomic mass is 9.78. The van der Waals surface area contributed by atoms with Crippen LogP contribution in [0.4, 0.5) is 0 Å². The molecule has 0 radical (unpaired) electrons. The second-order valence-electron chi connectivity index (χ2n) is 10.4. The van der Waals surface area contributed by atoms with Crippen LogP contribution in [0.15, 0.2) is 42.0 Å². The predicted octanol–water partition coefficient (Wildman–Crippen LogP) is 7.93. The Kier molecular flexibility index (Phi) is 5.14. The van der Waals surface area contributed by atoms with Gasteiger partial charge in [0.05, 0.1) is 0 Å². The molecule has 0 fully saturated rings. The highest BCUT2D eigenvalue weighted by Gasteiger charge is 2.24. The molecule has 1 atom stereocenters. The Labute approximate surface area is 166 Å². The topological polar surface area (TPSA) is 0 Å². The van der Waals surface area contributed by atoms with Gasteiger partial charge in [0.2, 0.25) is 0 Å². The van der Waals surface area contributed by atoms with Crippen molar-refractivity contribution in [3.05, 3.63) is 64.2 Å². The van der Waals surface area contributed by atoms with Crippen molar-refractivity contribution in [2.75, 3.05) is 0 Å². The van der Waals surface area contributed by atoms with E-state index in [1.807, 2.05) is 0 Å². The minimum Gasteiger partial charge on any atom is -0.0648 e. The summed E-state index contributed by atoms with van der Waals surface area (Å²) in [5.41, 5.74) is 10.5. The average molecular weight is 361 g/mol. The van der Waals surface area contributed by atoms with Crippen molar-refractivity contribution >= 4 is 6.08 Å². The van der Waals surface area contributed by atoms with Gasteiger partial charge in [-0.2, -0.15) is 0 Å². The maximum atomic E-state index is 2.44. The quantitative estimate of drug-likeness (QED) is 0.521. The van der Waals surface area contributed by atoms with E-state index in [0.717, 1.165) is 6.42 Å². The predicted molar refractivity (Wildman–Crippen MR) is 120 cm³/mol. The molecule has 0 aromatic heterocycles. The third kappa shape index (κ3) is 4.05. The van der Waals surface area contributed by atoms with Crippen LogP contribution in [0.5, 0.6) is 0 Å². The van der Waals surface area contributed by atoms with Crippen LogP contribution < -0.4 is 0 Å². The van der Waals surface area contributed by atoms with Crippen molar-refractivity contribution < 1.29 is 0 Å². The van der Waals surface area contributed by atoms with E-state index in [0.29, 0.717) is 5.92 Å². The maximum absolute atomic E-state index is 2.44. The van der Waals surface area contributed by atoms with E-state index in [-0.39, 0.29) is 10.8 Å². The Bertz CT molecular complexity index is 834. The maximum Gasteiger partial charge on any atom is -0.00490 e. The molecular weight excluding hydrogens is 324 g/mol. The van der Waals surface area contributed by atoms with Crippen molar-refractivity contribution in [3.63, 3.8) is 0 Å². The van der Waals surface area contributed by atoms with Crippen LogP contribution in [-0.2, 0) is 17.3 Å². The summed E-state index contributed by atoms with van der Waals surface area (Å²) < 4.78 is 0. The zero-order valence-electron chi connectivity index (χ0n) is 18.5. The highest BCUT2D eigenvalue weighted by Crippen LogP contribution is 2.40. The first kappa shape index (κ1) is 19.9. The van der Waals surface area contributed by atoms with Crippen LogP contribution in [0.3, 0.4) is 0 Å². The summed E-state index contributed by atoms with van der Waals surface area (Å²) in [7, 11) is 0. The van der Waals surface area contributed by atoms with Gasteiger partial charge in [-0.1, -0.05) is 103 Å². The molecule has 0 spiro atoms. The van der Waals surface area contributed by atoms with Gasteiger partial charge in [0.15, 0.2) is 0 Å². The first-order chi connectivity index (χ1) is 12.5. The van der Waals surface area contributed by atoms with Crippen molar-refractivity contribution in [3.8, 4) is 11.1 Å². The molecular formula is C27H36. The third-order valence-electron chi connectivity index (χ3n) is 6.16. The molecule has 144 valence electrons. The van der Waals surface area contributed by atoms with Crippen LogP contribution in [0, 0.1) is 5.92 Å². The lowest BCUT2D eigenvalue weighted by Gasteiger charge is -2.26. The van der Waals surface area contributed by atoms with Gasteiger partial charge in [-0.3, -0.25) is 0 Å². The van der Waals surface area contributed by atoms with Crippen molar-refractivity contribution in [2.24, 2.45) is 5.92 Å². The lowest BCUT2D eigenvalue weighted by molar-refractivity contribution is 0.569. The Balaban J connectivity index is 2.14. The minimum atomic E-state index is 0.147. The molecule has 0 heteroatoms. The van der Waals surface area contributed by atoms with Crippen molar-refractivity contribution in [1.82, 2.24) is 0 Å². The third-order valence-corrected chi connectivity index (χ3v) is 6.16. The number of fused-ring (bicyclic) bond motifs is 1. The lowest BCUT2D eigenvalue weighted by Crippen LogP contribution is -2.16. The van der Waals surface area contributed by atoms with E-state index < -0.39 is 0 Å². The summed E-state index contributed by atoms with van der Waals surface area (Å²) in [4.78, 5) is 0. The summed E-state index contributed by atoms with van der Waals surface area (Å²) in [6.07, 6.45) is 4.75. The molecule has 0 bridgehead atoms. The summed E-state index contributed by atoms with van der Waals surface area (Å²) >= 11 is 0. The fraction of sp³-hybridized carbons (Fsp3) is 0.481. The monoisotopic (exact) mass is 360 g/mol. The molecule has 0 aliphatic heterocycles. The van der Waals surface area contributed by atoms with E-state index in [2.05, 4.69) is 97.9 Å². The van der Waals surface area contributed by atoms with Gasteiger partial charge >= 0.3 is 0 Å². The molecule has 1 aliphatic rings. The second-order valence-corrected chi connectivity index (χ2v) is 10.4. The molecule has 0 saturated carbocycles. The number of benzene rings is 2. The Morgan fingerprint density at radius 2 is 1.48 bits per heavy atom. The van der Waals surface area contributed by atoms with E-state index in [9.17, 15) is 0 Å². The Hall–Kier alpha value is -1.82. The molecule has 1 aliphatic carbocycles. The van der Waals surface area contributed by atoms with Crippen molar-refractivity contribution in [2.45, 2.75) is 79.1 Å². The van der Waals surface area contributed by atoms with Gasteiger partial charge in [0, 0.05) is 0 Å². The normalized spacial score (nSPS) is 15.5. The average Bonchev–Trinajstić information content (AvgIpc) is 3.03.